The average molecular weight is 439 g/mol. The predicted octanol–water partition coefficient (Wildman–Crippen LogP) is 3.64. The van der Waals surface area contributed by atoms with Crippen LogP contribution < -0.4 is 5.32 Å². The van der Waals surface area contributed by atoms with E-state index >= 15 is 0 Å². The van der Waals surface area contributed by atoms with Gasteiger partial charge in [-0.1, -0.05) is 24.9 Å². The first kappa shape index (κ1) is 21.3. The molecule has 0 saturated carbocycles. The van der Waals surface area contributed by atoms with Crippen molar-refractivity contribution in [2.75, 3.05) is 16.8 Å². The van der Waals surface area contributed by atoms with Crippen LogP contribution in [0.4, 0.5) is 11.4 Å². The van der Waals surface area contributed by atoms with Crippen LogP contribution in [0.5, 0.6) is 5.88 Å². The fourth-order valence-electron chi connectivity index (χ4n) is 3.10. The Morgan fingerprint density at radius 2 is 1.97 bits per heavy atom. The molecule has 1 saturated heterocycles. The van der Waals surface area contributed by atoms with Crippen molar-refractivity contribution < 1.29 is 18.9 Å². The normalized spacial score (nSPS) is 15.7. The zero-order chi connectivity index (χ0) is 21.2. The highest BCUT2D eigenvalue weighted by atomic mass is 35.5. The van der Waals surface area contributed by atoms with Crippen LogP contribution in [0.25, 0.3) is 0 Å². The minimum Gasteiger partial charge on any atom is -0.493 e. The van der Waals surface area contributed by atoms with Gasteiger partial charge in [-0.25, -0.2) is 8.89 Å². The molecular weight excluding hydrogens is 416 g/mol. The minimum atomic E-state index is -2.53. The zero-order valence-corrected chi connectivity index (χ0v) is 17.8. The first-order valence-corrected chi connectivity index (χ1v) is 11.6. The molecule has 156 valence electrons. The lowest BCUT2D eigenvalue weighted by atomic mass is 10.0. The number of aromatic hydroxyl groups is 1. The number of benzene rings is 1. The summed E-state index contributed by atoms with van der Waals surface area (Å²) in [6.07, 6.45) is 4.10. The summed E-state index contributed by atoms with van der Waals surface area (Å²) >= 11 is 6.53. The number of anilines is 1. The summed E-state index contributed by atoms with van der Waals surface area (Å²) in [4.78, 5) is 24.8. The Morgan fingerprint density at radius 1 is 1.28 bits per heavy atom. The number of ketones is 1. The maximum atomic E-state index is 13.2. The molecule has 1 aliphatic heterocycles. The quantitative estimate of drug-likeness (QED) is 0.691. The van der Waals surface area contributed by atoms with Crippen LogP contribution in [0.3, 0.4) is 0 Å². The second kappa shape index (κ2) is 8.54. The summed E-state index contributed by atoms with van der Waals surface area (Å²) in [7, 11) is -1.02. The Morgan fingerprint density at radius 3 is 2.55 bits per heavy atom. The van der Waals surface area contributed by atoms with Crippen LogP contribution in [0.15, 0.2) is 22.7 Å². The third-order valence-electron chi connectivity index (χ3n) is 4.79. The molecule has 1 aliphatic rings. The number of carbonyl (C=O) groups excluding carboxylic acids is 2. The standard InChI is InChI=1S/C19H23ClN4O4S/c1-3-15(25)22-14-8-7-12(18(26)13-11-21-24(2)19(13)27)16(20)17(14)23-29(28)9-5-4-6-10-29/h7-8,11,27H,3-6,9-10H2,1-2H3,(H,22,25). The van der Waals surface area contributed by atoms with E-state index in [1.807, 2.05) is 0 Å². The Balaban J connectivity index is 2.14. The van der Waals surface area contributed by atoms with Gasteiger partial charge in [-0.2, -0.15) is 9.46 Å². The van der Waals surface area contributed by atoms with E-state index in [9.17, 15) is 18.9 Å². The summed E-state index contributed by atoms with van der Waals surface area (Å²) in [5, 5.41) is 16.6. The van der Waals surface area contributed by atoms with Crippen LogP contribution in [0.2, 0.25) is 5.02 Å². The Kier molecular flexibility index (Phi) is 6.28. The number of nitrogens with one attached hydrogen (secondary N) is 1. The van der Waals surface area contributed by atoms with Gasteiger partial charge in [0.05, 0.1) is 26.6 Å². The number of hydrogen-bond acceptors (Lipinski definition) is 6. The number of hydrogen-bond donors (Lipinski definition) is 2. The molecule has 2 N–H and O–H groups in total. The lowest BCUT2D eigenvalue weighted by molar-refractivity contribution is -0.115. The molecule has 1 aromatic heterocycles. The van der Waals surface area contributed by atoms with Gasteiger partial charge in [0.1, 0.15) is 11.3 Å². The second-order valence-electron chi connectivity index (χ2n) is 6.89. The molecular formula is C19H23ClN4O4S. The molecule has 29 heavy (non-hydrogen) atoms. The van der Waals surface area contributed by atoms with Gasteiger partial charge in [-0.15, -0.1) is 0 Å². The van der Waals surface area contributed by atoms with Gasteiger partial charge < -0.3 is 10.4 Å². The van der Waals surface area contributed by atoms with E-state index in [1.54, 1.807) is 6.92 Å². The summed E-state index contributed by atoms with van der Waals surface area (Å²) < 4.78 is 18.8. The van der Waals surface area contributed by atoms with E-state index in [2.05, 4.69) is 14.8 Å². The van der Waals surface area contributed by atoms with Gasteiger partial charge in [-0.3, -0.25) is 9.59 Å². The molecule has 0 aliphatic carbocycles. The van der Waals surface area contributed by atoms with Gasteiger partial charge in [0, 0.05) is 30.5 Å². The van der Waals surface area contributed by atoms with Gasteiger partial charge in [0.2, 0.25) is 17.6 Å². The third kappa shape index (κ3) is 4.45. The van der Waals surface area contributed by atoms with Crippen molar-refractivity contribution in [2.24, 2.45) is 11.4 Å². The number of carbonyl (C=O) groups is 2. The maximum absolute atomic E-state index is 13.2. The van der Waals surface area contributed by atoms with Gasteiger partial charge >= 0.3 is 0 Å². The fourth-order valence-corrected chi connectivity index (χ4v) is 5.66. The van der Waals surface area contributed by atoms with Crippen LogP contribution >= 0.6 is 11.6 Å². The number of amides is 1. The SMILES string of the molecule is CCC(=O)Nc1ccc(C(=O)c2cnn(C)c2O)c(Cl)c1N=S1(=O)CCCCC1. The van der Waals surface area contributed by atoms with Gasteiger partial charge in [-0.05, 0) is 25.0 Å². The molecule has 8 nitrogen and oxygen atoms in total. The number of rotatable bonds is 5. The third-order valence-corrected chi connectivity index (χ3v) is 7.54. The van der Waals surface area contributed by atoms with E-state index in [1.165, 1.54) is 30.1 Å². The van der Waals surface area contributed by atoms with Crippen LogP contribution in [0, 0.1) is 0 Å². The number of aromatic nitrogens is 2. The zero-order valence-electron chi connectivity index (χ0n) is 16.3. The Labute approximate surface area is 174 Å². The van der Waals surface area contributed by atoms with Gasteiger partial charge in [0.15, 0.2) is 0 Å². The summed E-state index contributed by atoms with van der Waals surface area (Å²) in [6, 6.07) is 2.97. The van der Waals surface area contributed by atoms with Crippen molar-refractivity contribution in [3.63, 3.8) is 0 Å². The molecule has 2 aromatic rings. The molecule has 1 fully saturated rings. The predicted molar refractivity (Wildman–Crippen MR) is 112 cm³/mol. The molecule has 0 bridgehead atoms. The molecule has 1 amide bonds. The monoisotopic (exact) mass is 438 g/mol. The van der Waals surface area contributed by atoms with Crippen LogP contribution in [-0.4, -0.2) is 42.3 Å². The lowest BCUT2D eigenvalue weighted by Gasteiger charge is -2.18. The van der Waals surface area contributed by atoms with Crippen LogP contribution in [0.1, 0.15) is 48.5 Å². The van der Waals surface area contributed by atoms with Crippen molar-refractivity contribution in [3.05, 3.63) is 34.5 Å². The van der Waals surface area contributed by atoms with E-state index in [4.69, 9.17) is 11.6 Å². The Hall–Kier alpha value is -2.39. The molecule has 2 heterocycles. The fraction of sp³-hybridized carbons (Fsp3) is 0.421. The number of aryl methyl sites for hydroxylation is 1. The highest BCUT2D eigenvalue weighted by Gasteiger charge is 2.24. The summed E-state index contributed by atoms with van der Waals surface area (Å²) in [6.45, 7) is 1.71. The van der Waals surface area contributed by atoms with Gasteiger partial charge in [0.25, 0.3) is 0 Å². The van der Waals surface area contributed by atoms with E-state index in [0.717, 1.165) is 19.3 Å². The second-order valence-corrected chi connectivity index (χ2v) is 9.81. The molecule has 0 radical (unpaired) electrons. The van der Waals surface area contributed by atoms with Crippen molar-refractivity contribution in [1.82, 2.24) is 9.78 Å². The molecule has 0 atom stereocenters. The van der Waals surface area contributed by atoms with Crippen molar-refractivity contribution in [2.45, 2.75) is 32.6 Å². The topological polar surface area (TPSA) is 114 Å². The molecule has 0 unspecified atom stereocenters. The van der Waals surface area contributed by atoms with Crippen molar-refractivity contribution >= 4 is 44.4 Å². The first-order chi connectivity index (χ1) is 13.8. The molecule has 1 aromatic carbocycles. The van der Waals surface area contributed by atoms with Crippen molar-refractivity contribution in [1.29, 1.82) is 0 Å². The minimum absolute atomic E-state index is 0.00690. The Bertz CT molecular complexity index is 1070. The van der Waals surface area contributed by atoms with E-state index < -0.39 is 15.5 Å². The lowest BCUT2D eigenvalue weighted by Crippen LogP contribution is -2.16. The largest absolute Gasteiger partial charge is 0.493 e. The smallest absolute Gasteiger partial charge is 0.224 e. The number of nitrogens with zero attached hydrogens (tertiary/aromatic N) is 3. The number of halogens is 1. The first-order valence-electron chi connectivity index (χ1n) is 9.36. The highest BCUT2D eigenvalue weighted by molar-refractivity contribution is 7.93. The maximum Gasteiger partial charge on any atom is 0.224 e. The molecule has 10 heteroatoms. The highest BCUT2D eigenvalue weighted by Crippen LogP contribution is 2.39. The molecule has 0 spiro atoms. The average Bonchev–Trinajstić information content (AvgIpc) is 3.03. The molecule has 3 rings (SSSR count). The van der Waals surface area contributed by atoms with Crippen LogP contribution in [-0.2, 0) is 21.6 Å². The summed E-state index contributed by atoms with van der Waals surface area (Å²) in [5.74, 6) is -0.173. The van der Waals surface area contributed by atoms with Crippen molar-refractivity contribution in [3.8, 4) is 5.88 Å². The summed E-state index contributed by atoms with van der Waals surface area (Å²) in [5.41, 5.74) is 0.520. The van der Waals surface area contributed by atoms with E-state index in [0.29, 0.717) is 17.2 Å². The van der Waals surface area contributed by atoms with E-state index in [-0.39, 0.29) is 40.0 Å².